The minimum Gasteiger partial charge on any atom is -0.462 e. The number of hydrogen-bond acceptors (Lipinski definition) is 9. The Bertz CT molecular complexity index is 2130. The lowest BCUT2D eigenvalue weighted by Crippen LogP contribution is -2.42. The molecule has 9 rings (SSSR count). The third kappa shape index (κ3) is 5.85. The average Bonchev–Trinajstić information content (AvgIpc) is 3.87. The molecule has 0 aliphatic carbocycles. The van der Waals surface area contributed by atoms with Crippen LogP contribution >= 0.6 is 11.6 Å². The lowest BCUT2D eigenvalue weighted by Gasteiger charge is -2.36. The van der Waals surface area contributed by atoms with Crippen LogP contribution in [0, 0.1) is 0 Å². The molecule has 3 N–H and O–H groups in total. The number of alkyl halides is 1. The zero-order valence-corrected chi connectivity index (χ0v) is 30.2. The van der Waals surface area contributed by atoms with Gasteiger partial charge in [-0.15, -0.1) is 0 Å². The number of anilines is 1. The van der Waals surface area contributed by atoms with Gasteiger partial charge < -0.3 is 29.7 Å². The van der Waals surface area contributed by atoms with Gasteiger partial charge in [-0.2, -0.15) is 5.10 Å². The fourth-order valence-electron chi connectivity index (χ4n) is 8.74. The van der Waals surface area contributed by atoms with Crippen LogP contribution in [-0.2, 0) is 16.8 Å². The fraction of sp³-hybridized carbons (Fsp3) is 0.268. The molecular weight excluding hydrogens is 706 g/mol. The molecule has 13 heteroatoms. The predicted molar refractivity (Wildman–Crippen MR) is 206 cm³/mol. The van der Waals surface area contributed by atoms with E-state index in [-0.39, 0.29) is 29.7 Å². The van der Waals surface area contributed by atoms with Crippen molar-refractivity contribution in [3.63, 3.8) is 0 Å². The molecule has 5 aromatic rings. The Morgan fingerprint density at radius 3 is 2.31 bits per heavy atom. The summed E-state index contributed by atoms with van der Waals surface area (Å²) >= 11 is 6.77. The maximum Gasteiger partial charge on any atom is 0.490 e. The molecule has 0 radical (unpaired) electrons. The van der Waals surface area contributed by atoms with Gasteiger partial charge in [0.2, 0.25) is 0 Å². The number of aromatic nitrogens is 2. The Morgan fingerprint density at radius 1 is 1.00 bits per heavy atom. The zero-order chi connectivity index (χ0) is 36.9. The van der Waals surface area contributed by atoms with E-state index in [1.807, 2.05) is 70.4 Å². The monoisotopic (exact) mass is 744 g/mol. The molecule has 274 valence electrons. The van der Waals surface area contributed by atoms with Gasteiger partial charge >= 0.3 is 13.1 Å². The fourth-order valence-corrected chi connectivity index (χ4v) is 9.05. The molecule has 5 heterocycles. The molecule has 2 saturated heterocycles. The van der Waals surface area contributed by atoms with Crippen molar-refractivity contribution >= 4 is 35.7 Å². The van der Waals surface area contributed by atoms with Gasteiger partial charge in [0.15, 0.2) is 0 Å². The van der Waals surface area contributed by atoms with E-state index in [0.29, 0.717) is 42.3 Å². The summed E-state index contributed by atoms with van der Waals surface area (Å²) in [5.41, 5.74) is 3.96. The third-order valence-electron chi connectivity index (χ3n) is 11.1. The summed E-state index contributed by atoms with van der Waals surface area (Å²) in [6.07, 6.45) is 7.01. The first-order valence-electron chi connectivity index (χ1n) is 18.3. The summed E-state index contributed by atoms with van der Waals surface area (Å²) in [5, 5.41) is 28.9. The molecule has 0 saturated carbocycles. The van der Waals surface area contributed by atoms with E-state index in [1.165, 1.54) is 6.07 Å². The second kappa shape index (κ2) is 13.9. The van der Waals surface area contributed by atoms with Crippen LogP contribution in [0.1, 0.15) is 47.1 Å². The molecule has 4 aromatic carbocycles. The summed E-state index contributed by atoms with van der Waals surface area (Å²) in [4.78, 5) is 9.01. The number of hydrogen-bond donors (Lipinski definition) is 3. The molecule has 0 unspecified atom stereocenters. The number of benzene rings is 4. The lowest BCUT2D eigenvalue weighted by molar-refractivity contribution is 0.0270. The van der Waals surface area contributed by atoms with Gasteiger partial charge in [-0.05, 0) is 42.1 Å². The number of nitrogens with zero attached hydrogens (tertiary/aromatic N) is 5. The van der Waals surface area contributed by atoms with E-state index in [2.05, 4.69) is 52.8 Å². The van der Waals surface area contributed by atoms with Crippen LogP contribution in [-0.4, -0.2) is 80.7 Å². The Morgan fingerprint density at radius 2 is 1.67 bits per heavy atom. The van der Waals surface area contributed by atoms with Crippen LogP contribution in [0.3, 0.4) is 0 Å². The summed E-state index contributed by atoms with van der Waals surface area (Å²) in [6.45, 7) is 2.01. The van der Waals surface area contributed by atoms with Gasteiger partial charge in [-0.25, -0.2) is 9.38 Å². The molecule has 4 aliphatic heterocycles. The van der Waals surface area contributed by atoms with E-state index in [9.17, 15) is 14.4 Å². The van der Waals surface area contributed by atoms with Crippen molar-refractivity contribution in [1.82, 2.24) is 19.6 Å². The van der Waals surface area contributed by atoms with Crippen LogP contribution < -0.4 is 15.5 Å². The minimum absolute atomic E-state index is 0.0870. The van der Waals surface area contributed by atoms with Crippen molar-refractivity contribution < 1.29 is 23.9 Å². The standard InChI is InChI=1S/C41H39BClFN6O4/c43-37-33(42(51)52)19-34-36-38(37)45-27-46-39(36)48(25-35(54-34)53-26-40-17-10-18-49(40)24-32(44)20-40)22-28-21-47-50(23-28)41(29-11-4-1-5-12-29,30-13-6-2-7-14-30)31-15-8-3-9-16-31/h1-9,11-16,19,21,23,25,32,45,51-52H,10,17-18,20,22,24,26-27H2/t32-,40+/m1/s1. The minimum atomic E-state index is -1.84. The lowest BCUT2D eigenvalue weighted by atomic mass is 9.77. The van der Waals surface area contributed by atoms with Gasteiger partial charge in [0.05, 0.1) is 40.8 Å². The number of rotatable bonds is 10. The normalized spacial score (nSPS) is 20.6. The number of halogens is 2. The zero-order valence-electron chi connectivity index (χ0n) is 29.5. The summed E-state index contributed by atoms with van der Waals surface area (Å²) < 4.78 is 29.6. The second-order valence-corrected chi connectivity index (χ2v) is 14.7. The van der Waals surface area contributed by atoms with Gasteiger partial charge in [0.1, 0.15) is 36.6 Å². The van der Waals surface area contributed by atoms with Crippen LogP contribution in [0.15, 0.2) is 127 Å². The van der Waals surface area contributed by atoms with Gasteiger partial charge in [-0.3, -0.25) is 9.58 Å². The van der Waals surface area contributed by atoms with Crippen molar-refractivity contribution in [2.75, 3.05) is 31.7 Å². The molecule has 2 atom stereocenters. The van der Waals surface area contributed by atoms with Crippen molar-refractivity contribution in [3.8, 4) is 5.75 Å². The van der Waals surface area contributed by atoms with Crippen LogP contribution in [0.2, 0.25) is 5.02 Å². The molecule has 1 aromatic heterocycles. The summed E-state index contributed by atoms with van der Waals surface area (Å²) in [6, 6.07) is 32.6. The molecule has 0 spiro atoms. The van der Waals surface area contributed by atoms with Crippen LogP contribution in [0.4, 0.5) is 10.1 Å². The maximum absolute atomic E-state index is 14.7. The van der Waals surface area contributed by atoms with Crippen molar-refractivity contribution in [2.24, 2.45) is 4.99 Å². The van der Waals surface area contributed by atoms with E-state index in [0.717, 1.165) is 41.6 Å². The number of aliphatic imine (C=N–C) groups is 1. The van der Waals surface area contributed by atoms with E-state index >= 15 is 0 Å². The highest BCUT2D eigenvalue weighted by molar-refractivity contribution is 6.63. The molecular formula is C41H39BClFN6O4. The Hall–Kier alpha value is -5.14. The Kier molecular flexibility index (Phi) is 8.93. The molecule has 54 heavy (non-hydrogen) atoms. The van der Waals surface area contributed by atoms with Crippen LogP contribution in [0.25, 0.3) is 0 Å². The second-order valence-electron chi connectivity index (χ2n) is 14.4. The van der Waals surface area contributed by atoms with Gasteiger partial charge in [0.25, 0.3) is 0 Å². The molecule has 10 nitrogen and oxygen atoms in total. The number of nitrogens with one attached hydrogen (secondary N) is 1. The number of amidine groups is 1. The quantitative estimate of drug-likeness (QED) is 0.128. The van der Waals surface area contributed by atoms with Crippen molar-refractivity contribution in [2.45, 2.75) is 43.1 Å². The largest absolute Gasteiger partial charge is 0.490 e. The molecule has 2 fully saturated rings. The van der Waals surface area contributed by atoms with Gasteiger partial charge in [-0.1, -0.05) is 103 Å². The van der Waals surface area contributed by atoms with Crippen molar-refractivity contribution in [3.05, 3.63) is 154 Å². The highest BCUT2D eigenvalue weighted by Gasteiger charge is 2.50. The Labute approximate surface area is 318 Å². The van der Waals surface area contributed by atoms with Crippen molar-refractivity contribution in [1.29, 1.82) is 0 Å². The van der Waals surface area contributed by atoms with E-state index in [1.54, 1.807) is 6.20 Å². The molecule has 0 amide bonds. The molecule has 0 bridgehead atoms. The summed E-state index contributed by atoms with van der Waals surface area (Å²) in [5.74, 6) is 1.05. The number of ether oxygens (including phenoxy) is 2. The van der Waals surface area contributed by atoms with E-state index < -0.39 is 24.4 Å². The topological polar surface area (TPSA) is 108 Å². The smallest absolute Gasteiger partial charge is 0.462 e. The first-order valence-corrected chi connectivity index (χ1v) is 18.6. The summed E-state index contributed by atoms with van der Waals surface area (Å²) in [7, 11) is -1.84. The first kappa shape index (κ1) is 34.6. The maximum atomic E-state index is 14.7. The average molecular weight is 745 g/mol. The third-order valence-corrected chi connectivity index (χ3v) is 11.5. The molecule has 4 aliphatic rings. The highest BCUT2D eigenvalue weighted by atomic mass is 35.5. The predicted octanol–water partition coefficient (Wildman–Crippen LogP) is 5.47. The first-order chi connectivity index (χ1) is 26.4. The number of fused-ring (bicyclic) bond motifs is 1. The van der Waals surface area contributed by atoms with Gasteiger partial charge in [0, 0.05) is 30.2 Å². The SMILES string of the molecule is OB(O)c1cc2c3c(c1Cl)NCN=C3N(Cc1cnn(C(c3ccccc3)(c3ccccc3)c3ccccc3)c1)C=C(OC[C@@]13CCCN1C[C@H](F)C3)O2. The van der Waals surface area contributed by atoms with Crippen LogP contribution in [0.5, 0.6) is 5.75 Å². The van der Waals surface area contributed by atoms with E-state index in [4.69, 9.17) is 31.2 Å². The Balaban J connectivity index is 1.14. The highest BCUT2D eigenvalue weighted by Crippen LogP contribution is 2.43.